The summed E-state index contributed by atoms with van der Waals surface area (Å²) in [5.74, 6) is 0.348. The van der Waals surface area contributed by atoms with Crippen LogP contribution in [-0.2, 0) is 17.5 Å². The Morgan fingerprint density at radius 1 is 0.513 bits per heavy atom. The van der Waals surface area contributed by atoms with Crippen LogP contribution in [0.15, 0.2) is 152 Å². The van der Waals surface area contributed by atoms with Crippen LogP contribution in [0.1, 0.15) is 18.1 Å². The summed E-state index contributed by atoms with van der Waals surface area (Å²) < 4.78 is 7.26. The van der Waals surface area contributed by atoms with E-state index in [2.05, 4.69) is 163 Å². The Bertz CT molecular complexity index is 1240. The third-order valence-corrected chi connectivity index (χ3v) is 11.2. The van der Waals surface area contributed by atoms with Crippen LogP contribution >= 0.6 is 0 Å². The van der Waals surface area contributed by atoms with Gasteiger partial charge in [-0.05, 0) is 32.6 Å². The Morgan fingerprint density at radius 2 is 0.846 bits per heavy atom. The van der Waals surface area contributed by atoms with Gasteiger partial charge in [-0.1, -0.05) is 159 Å². The molecule has 196 valence electrons. The third-order valence-electron chi connectivity index (χ3n) is 7.19. The molecule has 0 amide bonds. The number of hydrogen-bond donors (Lipinski definition) is 0. The fourth-order valence-corrected chi connectivity index (χ4v) is 9.42. The molecule has 0 aliphatic rings. The molecule has 0 aliphatic heterocycles. The molecular weight excluding hydrogens is 490 g/mol. The van der Waals surface area contributed by atoms with Crippen LogP contribution in [0, 0.1) is 5.92 Å². The number of hydrogen-bond acceptors (Lipinski definition) is 2. The molecule has 1 atom stereocenters. The highest BCUT2D eigenvalue weighted by molar-refractivity contribution is 7.07. The van der Waals surface area contributed by atoms with Gasteiger partial charge in [-0.2, -0.15) is 0 Å². The number of benzene rings is 5. The molecule has 5 rings (SSSR count). The average Bonchev–Trinajstić information content (AvgIpc) is 3.00. The highest BCUT2D eigenvalue weighted by Crippen LogP contribution is 2.16. The Morgan fingerprint density at radius 3 is 1.21 bits per heavy atom. The largest absolute Gasteiger partial charge is 0.404 e. The molecule has 0 fully saturated rings. The highest BCUT2D eigenvalue weighted by Gasteiger charge is 2.42. The van der Waals surface area contributed by atoms with Crippen molar-refractivity contribution in [3.05, 3.63) is 163 Å². The maximum absolute atomic E-state index is 7.26. The molecule has 0 saturated carbocycles. The lowest BCUT2D eigenvalue weighted by Gasteiger charge is -2.35. The van der Waals surface area contributed by atoms with E-state index in [9.17, 15) is 0 Å². The van der Waals surface area contributed by atoms with Crippen LogP contribution in [0.25, 0.3) is 0 Å². The first-order valence-electron chi connectivity index (χ1n) is 13.8. The first kappa shape index (κ1) is 26.8. The minimum Gasteiger partial charge on any atom is -0.404 e. The van der Waals surface area contributed by atoms with Gasteiger partial charge >= 0.3 is 0 Å². The monoisotopic (exact) mass is 527 g/mol. The maximum atomic E-state index is 7.26. The van der Waals surface area contributed by atoms with Crippen LogP contribution < -0.4 is 15.6 Å². The molecule has 0 N–H and O–H groups in total. The zero-order chi connectivity index (χ0) is 26.8. The molecule has 0 spiro atoms. The Labute approximate surface area is 234 Å². The van der Waals surface area contributed by atoms with Crippen LogP contribution in [0.4, 0.5) is 0 Å². The first-order valence-corrected chi connectivity index (χ1v) is 15.8. The fourth-order valence-electron chi connectivity index (χ4n) is 5.40. The summed E-state index contributed by atoms with van der Waals surface area (Å²) in [5.41, 5.74) is 2.67. The van der Waals surface area contributed by atoms with E-state index in [1.165, 1.54) is 26.7 Å². The molecule has 5 aromatic carbocycles. The standard InChI is InChI=1S/C36H37NOSi/c1-31(27-37(28-32-17-7-2-8-18-32)29-33-19-9-3-10-20-33)30-38-39(34-21-11-4-12-22-34,35-23-13-5-14-24-35)36-25-15-6-16-26-36/h2-26,31H,27-30H2,1H3/t31-/m1/s1. The zero-order valence-electron chi connectivity index (χ0n) is 22.7. The van der Waals surface area contributed by atoms with Crippen molar-refractivity contribution in [3.63, 3.8) is 0 Å². The van der Waals surface area contributed by atoms with E-state index in [1.54, 1.807) is 0 Å². The quantitative estimate of drug-likeness (QED) is 0.146. The molecule has 0 radical (unpaired) electrons. The molecule has 2 nitrogen and oxygen atoms in total. The van der Waals surface area contributed by atoms with E-state index in [0.717, 1.165) is 19.6 Å². The Hall–Kier alpha value is -3.76. The molecule has 0 aromatic heterocycles. The number of rotatable bonds is 12. The SMILES string of the molecule is C[C@@H](CO[Si](c1ccccc1)(c1ccccc1)c1ccccc1)CN(Cc1ccccc1)Cc1ccccc1. The molecular formula is C36H37NOSi. The lowest BCUT2D eigenvalue weighted by molar-refractivity contribution is 0.174. The molecule has 0 aliphatic carbocycles. The molecule has 39 heavy (non-hydrogen) atoms. The summed E-state index contributed by atoms with van der Waals surface area (Å²) in [5, 5.41) is 3.83. The van der Waals surface area contributed by atoms with Crippen molar-refractivity contribution in [2.75, 3.05) is 13.2 Å². The average molecular weight is 528 g/mol. The predicted octanol–water partition coefficient (Wildman–Crippen LogP) is 6.01. The van der Waals surface area contributed by atoms with E-state index >= 15 is 0 Å². The van der Waals surface area contributed by atoms with Crippen molar-refractivity contribution < 1.29 is 4.43 Å². The van der Waals surface area contributed by atoms with E-state index in [4.69, 9.17) is 4.43 Å². The van der Waals surface area contributed by atoms with Crippen molar-refractivity contribution in [2.45, 2.75) is 20.0 Å². The summed E-state index contributed by atoms with van der Waals surface area (Å²) in [7, 11) is -2.70. The van der Waals surface area contributed by atoms with E-state index < -0.39 is 8.32 Å². The molecule has 0 heterocycles. The minimum absolute atomic E-state index is 0.348. The number of nitrogens with zero attached hydrogens (tertiary/aromatic N) is 1. The van der Waals surface area contributed by atoms with Gasteiger partial charge in [-0.15, -0.1) is 0 Å². The summed E-state index contributed by atoms with van der Waals surface area (Å²) >= 11 is 0. The molecule has 0 unspecified atom stereocenters. The Kier molecular flexibility index (Phi) is 9.18. The van der Waals surface area contributed by atoms with Gasteiger partial charge in [0.15, 0.2) is 0 Å². The maximum Gasteiger partial charge on any atom is 0.288 e. The van der Waals surface area contributed by atoms with E-state index in [-0.39, 0.29) is 0 Å². The molecule has 0 bridgehead atoms. The van der Waals surface area contributed by atoms with Gasteiger partial charge in [0, 0.05) is 26.2 Å². The van der Waals surface area contributed by atoms with Crippen molar-refractivity contribution in [2.24, 2.45) is 5.92 Å². The summed E-state index contributed by atoms with van der Waals surface area (Å²) in [4.78, 5) is 2.55. The van der Waals surface area contributed by atoms with Crippen LogP contribution in [0.2, 0.25) is 0 Å². The van der Waals surface area contributed by atoms with E-state index in [1.807, 2.05) is 0 Å². The summed E-state index contributed by atoms with van der Waals surface area (Å²) in [6.07, 6.45) is 0. The summed E-state index contributed by atoms with van der Waals surface area (Å²) in [6, 6.07) is 54.1. The van der Waals surface area contributed by atoms with Crippen molar-refractivity contribution in [3.8, 4) is 0 Å². The highest BCUT2D eigenvalue weighted by atomic mass is 28.4. The van der Waals surface area contributed by atoms with Crippen LogP contribution in [-0.4, -0.2) is 26.4 Å². The first-order chi connectivity index (χ1) is 19.2. The van der Waals surface area contributed by atoms with Gasteiger partial charge in [0.25, 0.3) is 8.32 Å². The van der Waals surface area contributed by atoms with Gasteiger partial charge < -0.3 is 4.43 Å². The fraction of sp³-hybridized carbons (Fsp3) is 0.167. The smallest absolute Gasteiger partial charge is 0.288 e. The van der Waals surface area contributed by atoms with Gasteiger partial charge in [0.05, 0.1) is 0 Å². The lowest BCUT2D eigenvalue weighted by atomic mass is 10.1. The molecule has 0 saturated heterocycles. The van der Waals surface area contributed by atoms with E-state index in [0.29, 0.717) is 12.5 Å². The summed E-state index contributed by atoms with van der Waals surface area (Å²) in [6.45, 7) is 5.79. The van der Waals surface area contributed by atoms with Crippen molar-refractivity contribution >= 4 is 23.9 Å². The van der Waals surface area contributed by atoms with Gasteiger partial charge in [-0.25, -0.2) is 0 Å². The third kappa shape index (κ3) is 6.82. The normalized spacial score (nSPS) is 12.4. The zero-order valence-corrected chi connectivity index (χ0v) is 23.7. The van der Waals surface area contributed by atoms with Gasteiger partial charge in [0.1, 0.15) is 0 Å². The molecule has 5 aromatic rings. The lowest BCUT2D eigenvalue weighted by Crippen LogP contribution is -2.69. The minimum atomic E-state index is -2.70. The molecule has 3 heteroatoms. The van der Waals surface area contributed by atoms with Gasteiger partial charge in [-0.3, -0.25) is 4.90 Å². The van der Waals surface area contributed by atoms with Gasteiger partial charge in [0.2, 0.25) is 0 Å². The van der Waals surface area contributed by atoms with Crippen LogP contribution in [0.3, 0.4) is 0 Å². The second-order valence-electron chi connectivity index (χ2n) is 10.3. The second kappa shape index (κ2) is 13.3. The second-order valence-corrected chi connectivity index (χ2v) is 13.7. The topological polar surface area (TPSA) is 12.5 Å². The van der Waals surface area contributed by atoms with Crippen LogP contribution in [0.5, 0.6) is 0 Å². The Balaban J connectivity index is 1.42. The van der Waals surface area contributed by atoms with Crippen molar-refractivity contribution in [1.82, 2.24) is 4.90 Å². The predicted molar refractivity (Wildman–Crippen MR) is 166 cm³/mol. The van der Waals surface area contributed by atoms with Crippen molar-refractivity contribution in [1.29, 1.82) is 0 Å².